The van der Waals surface area contributed by atoms with Gasteiger partial charge in [0.25, 0.3) is 0 Å². The molecule has 1 aliphatic heterocycles. The van der Waals surface area contributed by atoms with Gasteiger partial charge in [0.15, 0.2) is 5.82 Å². The number of hydrogen-bond donors (Lipinski definition) is 2. The highest BCUT2D eigenvalue weighted by atomic mass is 32.1. The number of hydrogen-bond acceptors (Lipinski definition) is 9. The summed E-state index contributed by atoms with van der Waals surface area (Å²) >= 11 is 1.47. The lowest BCUT2D eigenvalue weighted by atomic mass is 10.2. The molecule has 9 nitrogen and oxygen atoms in total. The third kappa shape index (κ3) is 3.91. The van der Waals surface area contributed by atoms with Crippen LogP contribution in [0.15, 0.2) is 6.07 Å². The summed E-state index contributed by atoms with van der Waals surface area (Å²) in [6.45, 7) is 1.80. The molecule has 0 spiro atoms. The number of thiophene rings is 1. The summed E-state index contributed by atoms with van der Waals surface area (Å²) in [5, 5.41) is 26.3. The number of halogens is 3. The van der Waals surface area contributed by atoms with Crippen LogP contribution in [0.4, 0.5) is 19.0 Å². The van der Waals surface area contributed by atoms with Crippen molar-refractivity contribution in [2.45, 2.75) is 38.7 Å². The van der Waals surface area contributed by atoms with Gasteiger partial charge in [-0.2, -0.15) is 23.1 Å². The van der Waals surface area contributed by atoms with E-state index in [9.17, 15) is 18.3 Å². The molecule has 30 heavy (non-hydrogen) atoms. The molecule has 0 saturated heterocycles. The van der Waals surface area contributed by atoms with Crippen LogP contribution in [0.2, 0.25) is 0 Å². The van der Waals surface area contributed by atoms with Crippen molar-refractivity contribution < 1.29 is 28.1 Å². The molecule has 0 fully saturated rings. The smallest absolute Gasteiger partial charge is 0.451 e. The zero-order chi connectivity index (χ0) is 21.5. The second-order valence-electron chi connectivity index (χ2n) is 6.77. The summed E-state index contributed by atoms with van der Waals surface area (Å²) in [5.41, 5.74) is 0. The lowest BCUT2D eigenvalue weighted by Crippen LogP contribution is -2.36. The highest BCUT2D eigenvalue weighted by molar-refractivity contribution is 7.18. The molecule has 13 heteroatoms. The summed E-state index contributed by atoms with van der Waals surface area (Å²) in [5.74, 6) is -0.285. The number of rotatable bonds is 6. The average Bonchev–Trinajstić information content (AvgIpc) is 3.34. The quantitative estimate of drug-likeness (QED) is 0.590. The van der Waals surface area contributed by atoms with E-state index in [1.54, 1.807) is 0 Å². The first-order chi connectivity index (χ1) is 14.3. The van der Waals surface area contributed by atoms with Crippen molar-refractivity contribution in [2.75, 3.05) is 24.7 Å². The van der Waals surface area contributed by atoms with Gasteiger partial charge in [0.1, 0.15) is 23.4 Å². The average molecular weight is 444 g/mol. The molecule has 1 atom stereocenters. The first-order valence-corrected chi connectivity index (χ1v) is 10.1. The zero-order valence-electron chi connectivity index (χ0n) is 15.9. The number of aryl methyl sites for hydroxylation is 1. The summed E-state index contributed by atoms with van der Waals surface area (Å²) in [7, 11) is 0. The Morgan fingerprint density at radius 2 is 2.07 bits per heavy atom. The monoisotopic (exact) mass is 444 g/mol. The fraction of sp³-hybridized carbons (Fsp3) is 0.529. The molecule has 0 saturated carbocycles. The van der Waals surface area contributed by atoms with Gasteiger partial charge in [-0.15, -0.1) is 21.5 Å². The first-order valence-electron chi connectivity index (χ1n) is 9.26. The SMILES string of the molecule is CCc1cc2c(N3CCn4c(nnc4C(F)(F)F)C3)nc(OCC(O)CO)nc2s1. The minimum absolute atomic E-state index is 0.0255. The Morgan fingerprint density at radius 3 is 2.77 bits per heavy atom. The van der Waals surface area contributed by atoms with E-state index in [1.807, 2.05) is 17.9 Å². The van der Waals surface area contributed by atoms with Gasteiger partial charge in [-0.1, -0.05) is 6.92 Å². The molecule has 0 amide bonds. The number of alkyl halides is 3. The zero-order valence-corrected chi connectivity index (χ0v) is 16.7. The van der Waals surface area contributed by atoms with E-state index in [-0.39, 0.29) is 38.1 Å². The predicted molar refractivity (Wildman–Crippen MR) is 101 cm³/mol. The fourth-order valence-corrected chi connectivity index (χ4v) is 4.14. The van der Waals surface area contributed by atoms with Gasteiger partial charge in [0.2, 0.25) is 5.82 Å². The van der Waals surface area contributed by atoms with Crippen LogP contribution in [0.3, 0.4) is 0 Å². The van der Waals surface area contributed by atoms with Crippen LogP contribution in [-0.2, 0) is 25.7 Å². The fourth-order valence-electron chi connectivity index (χ4n) is 3.19. The Labute approximate surface area is 172 Å². The summed E-state index contributed by atoms with van der Waals surface area (Å²) in [6.07, 6.45) is -4.84. The molecule has 4 heterocycles. The number of fused-ring (bicyclic) bond motifs is 2. The van der Waals surface area contributed by atoms with E-state index in [0.717, 1.165) is 21.3 Å². The van der Waals surface area contributed by atoms with E-state index in [4.69, 9.17) is 9.84 Å². The lowest BCUT2D eigenvalue weighted by Gasteiger charge is -2.29. The van der Waals surface area contributed by atoms with E-state index in [1.165, 1.54) is 11.3 Å². The molecule has 0 aliphatic carbocycles. The van der Waals surface area contributed by atoms with Crippen molar-refractivity contribution in [3.05, 3.63) is 22.6 Å². The van der Waals surface area contributed by atoms with Gasteiger partial charge < -0.3 is 24.4 Å². The summed E-state index contributed by atoms with van der Waals surface area (Å²) in [4.78, 5) is 12.4. The molecule has 2 N–H and O–H groups in total. The van der Waals surface area contributed by atoms with Gasteiger partial charge in [0.05, 0.1) is 18.5 Å². The third-order valence-corrected chi connectivity index (χ3v) is 5.85. The minimum Gasteiger partial charge on any atom is -0.461 e. The highest BCUT2D eigenvalue weighted by Crippen LogP contribution is 2.35. The molecule has 1 aliphatic rings. The van der Waals surface area contributed by atoms with Crippen molar-refractivity contribution in [3.8, 4) is 6.01 Å². The molecular formula is C17H19F3N6O3S. The van der Waals surface area contributed by atoms with Crippen molar-refractivity contribution in [1.82, 2.24) is 24.7 Å². The molecule has 0 aromatic carbocycles. The molecule has 4 rings (SSSR count). The van der Waals surface area contributed by atoms with Crippen LogP contribution in [0, 0.1) is 0 Å². The number of aliphatic hydroxyl groups excluding tert-OH is 2. The molecule has 0 radical (unpaired) electrons. The summed E-state index contributed by atoms with van der Waals surface area (Å²) in [6, 6.07) is 1.99. The standard InChI is InChI=1S/C17H19F3N6O3S/c1-2-10-5-11-13(21-16(22-14(11)30-10)29-8-9(28)7-27)25-3-4-26-12(6-25)23-24-15(26)17(18,19)20/h5,9,27-28H,2-4,6-8H2,1H3. The van der Waals surface area contributed by atoms with E-state index < -0.39 is 24.7 Å². The number of aromatic nitrogens is 5. The Kier molecular flexibility index (Phi) is 5.51. The Balaban J connectivity index is 1.69. The van der Waals surface area contributed by atoms with E-state index in [0.29, 0.717) is 10.6 Å². The molecule has 162 valence electrons. The number of nitrogens with zero attached hydrogens (tertiary/aromatic N) is 6. The van der Waals surface area contributed by atoms with Crippen LogP contribution < -0.4 is 9.64 Å². The highest BCUT2D eigenvalue weighted by Gasteiger charge is 2.39. The van der Waals surface area contributed by atoms with Crippen molar-refractivity contribution in [1.29, 1.82) is 0 Å². The van der Waals surface area contributed by atoms with Gasteiger partial charge >= 0.3 is 12.2 Å². The van der Waals surface area contributed by atoms with Crippen LogP contribution in [0.5, 0.6) is 6.01 Å². The maximum atomic E-state index is 13.1. The normalized spacial score (nSPS) is 15.5. The second kappa shape index (κ2) is 7.96. The number of anilines is 1. The van der Waals surface area contributed by atoms with E-state index >= 15 is 0 Å². The van der Waals surface area contributed by atoms with Crippen LogP contribution in [0.1, 0.15) is 23.4 Å². The molecule has 1 unspecified atom stereocenters. The maximum absolute atomic E-state index is 13.1. The van der Waals surface area contributed by atoms with Gasteiger partial charge in [-0.25, -0.2) is 0 Å². The molecular weight excluding hydrogens is 425 g/mol. The third-order valence-electron chi connectivity index (χ3n) is 4.67. The number of aliphatic hydroxyl groups is 2. The van der Waals surface area contributed by atoms with Crippen LogP contribution >= 0.6 is 11.3 Å². The topological polar surface area (TPSA) is 109 Å². The van der Waals surface area contributed by atoms with Crippen LogP contribution in [-0.4, -0.2) is 60.8 Å². The second-order valence-corrected chi connectivity index (χ2v) is 7.89. The van der Waals surface area contributed by atoms with Gasteiger partial charge in [-0.3, -0.25) is 0 Å². The van der Waals surface area contributed by atoms with E-state index in [2.05, 4.69) is 20.2 Å². The Bertz CT molecular complexity index is 1050. The minimum atomic E-state index is -4.56. The molecule has 0 bridgehead atoms. The van der Waals surface area contributed by atoms with Crippen LogP contribution in [0.25, 0.3) is 10.2 Å². The largest absolute Gasteiger partial charge is 0.461 e. The molecule has 3 aromatic heterocycles. The number of ether oxygens (including phenoxy) is 1. The molecule has 3 aromatic rings. The predicted octanol–water partition coefficient (Wildman–Crippen LogP) is 1.62. The maximum Gasteiger partial charge on any atom is 0.451 e. The van der Waals surface area contributed by atoms with Gasteiger partial charge in [0, 0.05) is 18.0 Å². The van der Waals surface area contributed by atoms with Crippen molar-refractivity contribution in [3.63, 3.8) is 0 Å². The van der Waals surface area contributed by atoms with Gasteiger partial charge in [-0.05, 0) is 12.5 Å². The van der Waals surface area contributed by atoms with Crippen molar-refractivity contribution >= 4 is 27.4 Å². The lowest BCUT2D eigenvalue weighted by molar-refractivity contribution is -0.147. The first kappa shape index (κ1) is 20.8. The Morgan fingerprint density at radius 1 is 1.27 bits per heavy atom. The van der Waals surface area contributed by atoms with Crippen molar-refractivity contribution in [2.24, 2.45) is 0 Å². The Hall–Kier alpha value is -2.51. The summed E-state index contributed by atoms with van der Waals surface area (Å²) < 4.78 is 45.8.